The van der Waals surface area contributed by atoms with Crippen LogP contribution < -0.4 is 5.32 Å². The van der Waals surface area contributed by atoms with Crippen LogP contribution in [0.2, 0.25) is 0 Å². The predicted octanol–water partition coefficient (Wildman–Crippen LogP) is 2.03. The van der Waals surface area contributed by atoms with E-state index in [1.165, 1.54) is 11.3 Å². The van der Waals surface area contributed by atoms with E-state index < -0.39 is 0 Å². The third-order valence-corrected chi connectivity index (χ3v) is 3.17. The van der Waals surface area contributed by atoms with Crippen molar-refractivity contribution in [1.82, 2.24) is 4.98 Å². The molecule has 0 radical (unpaired) electrons. The summed E-state index contributed by atoms with van der Waals surface area (Å²) < 4.78 is 0. The number of nitrogens with zero attached hydrogens (tertiary/aromatic N) is 2. The summed E-state index contributed by atoms with van der Waals surface area (Å²) in [6, 6.07) is 0. The fraction of sp³-hybridized carbons (Fsp3) is 0.444. The maximum Gasteiger partial charge on any atom is 0.226 e. The van der Waals surface area contributed by atoms with Gasteiger partial charge in [-0.1, -0.05) is 5.16 Å². The van der Waals surface area contributed by atoms with Crippen molar-refractivity contribution >= 4 is 39.8 Å². The number of amides is 1. The van der Waals surface area contributed by atoms with Crippen molar-refractivity contribution in [3.63, 3.8) is 0 Å². The summed E-state index contributed by atoms with van der Waals surface area (Å²) in [5, 5.41) is 16.6. The van der Waals surface area contributed by atoms with E-state index in [9.17, 15) is 4.79 Å². The molecular formula is C9H13N3O2S2. The average molecular weight is 259 g/mol. The molecule has 1 aromatic rings. The van der Waals surface area contributed by atoms with Gasteiger partial charge >= 0.3 is 0 Å². The summed E-state index contributed by atoms with van der Waals surface area (Å²) in [6.45, 7) is 1.65. The van der Waals surface area contributed by atoms with Crippen molar-refractivity contribution in [2.24, 2.45) is 5.16 Å². The SMILES string of the molecule is CSCCC(=O)Nc1nc(C(C)=NO)cs1. The van der Waals surface area contributed by atoms with Crippen LogP contribution in [-0.4, -0.2) is 33.8 Å². The Morgan fingerprint density at radius 1 is 1.75 bits per heavy atom. The van der Waals surface area contributed by atoms with Crippen LogP contribution >= 0.6 is 23.1 Å². The van der Waals surface area contributed by atoms with Gasteiger partial charge in [-0.25, -0.2) is 4.98 Å². The maximum absolute atomic E-state index is 11.4. The number of oxime groups is 1. The number of thiazole rings is 1. The predicted molar refractivity (Wildman–Crippen MR) is 67.7 cm³/mol. The van der Waals surface area contributed by atoms with E-state index in [2.05, 4.69) is 15.5 Å². The Balaban J connectivity index is 2.55. The van der Waals surface area contributed by atoms with E-state index in [4.69, 9.17) is 5.21 Å². The molecular weight excluding hydrogens is 246 g/mol. The minimum atomic E-state index is -0.0474. The maximum atomic E-state index is 11.4. The van der Waals surface area contributed by atoms with Crippen molar-refractivity contribution in [3.8, 4) is 0 Å². The highest BCUT2D eigenvalue weighted by atomic mass is 32.2. The van der Waals surface area contributed by atoms with Crippen LogP contribution in [0, 0.1) is 0 Å². The normalized spacial score (nSPS) is 11.5. The summed E-state index contributed by atoms with van der Waals surface area (Å²) in [5.41, 5.74) is 1.01. The number of hydrogen-bond acceptors (Lipinski definition) is 6. The Bertz CT molecular complexity index is 390. The molecule has 1 amide bonds. The number of rotatable bonds is 5. The van der Waals surface area contributed by atoms with Gasteiger partial charge in [-0.2, -0.15) is 11.8 Å². The first kappa shape index (κ1) is 13.0. The van der Waals surface area contributed by atoms with Gasteiger partial charge in [0.25, 0.3) is 0 Å². The highest BCUT2D eigenvalue weighted by molar-refractivity contribution is 7.98. The fourth-order valence-corrected chi connectivity index (χ4v) is 2.08. The van der Waals surface area contributed by atoms with Crippen molar-refractivity contribution in [2.75, 3.05) is 17.3 Å². The van der Waals surface area contributed by atoms with Gasteiger partial charge in [0, 0.05) is 17.6 Å². The van der Waals surface area contributed by atoms with Gasteiger partial charge in [0.05, 0.1) is 0 Å². The van der Waals surface area contributed by atoms with Crippen molar-refractivity contribution in [1.29, 1.82) is 0 Å². The lowest BCUT2D eigenvalue weighted by Gasteiger charge is -1.99. The third kappa shape index (κ3) is 3.82. The molecule has 2 N–H and O–H groups in total. The summed E-state index contributed by atoms with van der Waals surface area (Å²) in [7, 11) is 0. The smallest absolute Gasteiger partial charge is 0.226 e. The molecule has 0 aliphatic heterocycles. The molecule has 0 aliphatic carbocycles. The van der Waals surface area contributed by atoms with Crippen LogP contribution in [0.4, 0.5) is 5.13 Å². The van der Waals surface area contributed by atoms with Gasteiger partial charge in [0.15, 0.2) is 5.13 Å². The van der Waals surface area contributed by atoms with E-state index >= 15 is 0 Å². The minimum Gasteiger partial charge on any atom is -0.411 e. The Hall–Kier alpha value is -1.08. The Morgan fingerprint density at radius 2 is 2.50 bits per heavy atom. The number of thioether (sulfide) groups is 1. The molecule has 1 aromatic heterocycles. The van der Waals surface area contributed by atoms with Crippen molar-refractivity contribution in [2.45, 2.75) is 13.3 Å². The van der Waals surface area contributed by atoms with Crippen LogP contribution in [0.5, 0.6) is 0 Å². The van der Waals surface area contributed by atoms with E-state index in [1.807, 2.05) is 6.26 Å². The lowest BCUT2D eigenvalue weighted by Crippen LogP contribution is -2.12. The molecule has 0 spiro atoms. The first-order chi connectivity index (χ1) is 7.67. The van der Waals surface area contributed by atoms with Gasteiger partial charge in [0.2, 0.25) is 5.91 Å². The first-order valence-corrected chi connectivity index (χ1v) is 6.88. The molecule has 0 saturated carbocycles. The second-order valence-electron chi connectivity index (χ2n) is 3.01. The molecule has 88 valence electrons. The molecule has 5 nitrogen and oxygen atoms in total. The van der Waals surface area contributed by atoms with Crippen LogP contribution in [0.1, 0.15) is 19.0 Å². The van der Waals surface area contributed by atoms with E-state index in [-0.39, 0.29) is 5.91 Å². The summed E-state index contributed by atoms with van der Waals surface area (Å²) in [6.07, 6.45) is 2.43. The van der Waals surface area contributed by atoms with Crippen molar-refractivity contribution < 1.29 is 10.0 Å². The standard InChI is InChI=1S/C9H13N3O2S2/c1-6(12-14)7-5-16-9(10-7)11-8(13)3-4-15-2/h5,14H,3-4H2,1-2H3,(H,10,11,13). The number of aromatic nitrogens is 1. The van der Waals surface area contributed by atoms with Crippen molar-refractivity contribution in [3.05, 3.63) is 11.1 Å². The number of carbonyl (C=O) groups is 1. The average Bonchev–Trinajstić information content (AvgIpc) is 2.73. The topological polar surface area (TPSA) is 74.6 Å². The van der Waals surface area contributed by atoms with Crippen LogP contribution in [-0.2, 0) is 4.79 Å². The Labute approximate surface area is 102 Å². The van der Waals surface area contributed by atoms with E-state index in [0.29, 0.717) is 23.0 Å². The third-order valence-electron chi connectivity index (χ3n) is 1.80. The Kier molecular flexibility index (Phi) is 5.27. The summed E-state index contributed by atoms with van der Waals surface area (Å²) in [5.74, 6) is 0.745. The molecule has 7 heteroatoms. The van der Waals surface area contributed by atoms with E-state index in [1.54, 1.807) is 24.1 Å². The quantitative estimate of drug-likeness (QED) is 0.482. The van der Waals surface area contributed by atoms with Gasteiger partial charge in [-0.3, -0.25) is 4.79 Å². The van der Waals surface area contributed by atoms with Gasteiger partial charge in [0.1, 0.15) is 11.4 Å². The number of nitrogens with one attached hydrogen (secondary N) is 1. The minimum absolute atomic E-state index is 0.0474. The molecule has 0 saturated heterocycles. The van der Waals surface area contributed by atoms with Gasteiger partial charge in [-0.15, -0.1) is 11.3 Å². The summed E-state index contributed by atoms with van der Waals surface area (Å²) in [4.78, 5) is 15.5. The highest BCUT2D eigenvalue weighted by Crippen LogP contribution is 2.16. The van der Waals surface area contributed by atoms with Crippen LogP contribution in [0.25, 0.3) is 0 Å². The second-order valence-corrected chi connectivity index (χ2v) is 4.86. The lowest BCUT2D eigenvalue weighted by atomic mass is 10.3. The van der Waals surface area contributed by atoms with Gasteiger partial charge < -0.3 is 10.5 Å². The fourth-order valence-electron chi connectivity index (χ4n) is 0.925. The van der Waals surface area contributed by atoms with Gasteiger partial charge in [-0.05, 0) is 13.2 Å². The first-order valence-electron chi connectivity index (χ1n) is 4.60. The van der Waals surface area contributed by atoms with Crippen LogP contribution in [0.15, 0.2) is 10.5 Å². The largest absolute Gasteiger partial charge is 0.411 e. The van der Waals surface area contributed by atoms with E-state index in [0.717, 1.165) is 5.75 Å². The highest BCUT2D eigenvalue weighted by Gasteiger charge is 2.08. The second kappa shape index (κ2) is 6.49. The van der Waals surface area contributed by atoms with Crippen LogP contribution in [0.3, 0.4) is 0 Å². The number of carbonyl (C=O) groups excluding carboxylic acids is 1. The molecule has 0 fully saturated rings. The zero-order chi connectivity index (χ0) is 12.0. The molecule has 0 aromatic carbocycles. The zero-order valence-electron chi connectivity index (χ0n) is 9.06. The molecule has 1 rings (SSSR count). The zero-order valence-corrected chi connectivity index (χ0v) is 10.7. The molecule has 0 unspecified atom stereocenters. The lowest BCUT2D eigenvalue weighted by molar-refractivity contribution is -0.115. The monoisotopic (exact) mass is 259 g/mol. The molecule has 0 bridgehead atoms. The number of anilines is 1. The number of hydrogen-bond donors (Lipinski definition) is 2. The molecule has 16 heavy (non-hydrogen) atoms. The molecule has 0 atom stereocenters. The molecule has 1 heterocycles. The summed E-state index contributed by atoms with van der Waals surface area (Å²) >= 11 is 2.94. The Morgan fingerprint density at radius 3 is 3.12 bits per heavy atom. The molecule has 0 aliphatic rings.